The van der Waals surface area contributed by atoms with E-state index in [0.717, 1.165) is 11.8 Å². The fourth-order valence-electron chi connectivity index (χ4n) is 3.29. The van der Waals surface area contributed by atoms with E-state index in [1.165, 1.54) is 24.3 Å². The molecule has 0 N–H and O–H groups in total. The molecule has 0 atom stereocenters. The first kappa shape index (κ1) is 20.5. The third-order valence-corrected chi connectivity index (χ3v) is 6.16. The highest BCUT2D eigenvalue weighted by Crippen LogP contribution is 2.35. The van der Waals surface area contributed by atoms with Crippen LogP contribution in [0.1, 0.15) is 5.56 Å². The zero-order valence-corrected chi connectivity index (χ0v) is 16.7. The molecule has 3 rings (SSSR count). The summed E-state index contributed by atoms with van der Waals surface area (Å²) in [5.74, 6) is -0.392. The van der Waals surface area contributed by atoms with Gasteiger partial charge in [0, 0.05) is 44.0 Å². The summed E-state index contributed by atoms with van der Waals surface area (Å²) in [7, 11) is -3.72. The first-order valence-corrected chi connectivity index (χ1v) is 10.8. The highest BCUT2D eigenvalue weighted by atomic mass is 35.5. The second-order valence-electron chi connectivity index (χ2n) is 6.65. The third kappa shape index (κ3) is 4.43. The molecule has 1 fully saturated rings. The van der Waals surface area contributed by atoms with Crippen molar-refractivity contribution < 1.29 is 17.7 Å². The molecule has 0 unspecified atom stereocenters. The van der Waals surface area contributed by atoms with Crippen LogP contribution in [0.2, 0.25) is 5.02 Å². The predicted molar refractivity (Wildman–Crippen MR) is 105 cm³/mol. The number of sulfone groups is 1. The molecule has 150 valence electrons. The average Bonchev–Trinajstić information content (AvgIpc) is 2.63. The number of piperazine rings is 1. The van der Waals surface area contributed by atoms with E-state index in [0.29, 0.717) is 43.4 Å². The van der Waals surface area contributed by atoms with Crippen molar-refractivity contribution in [1.82, 2.24) is 4.90 Å². The highest BCUT2D eigenvalue weighted by molar-refractivity contribution is 7.90. The van der Waals surface area contributed by atoms with E-state index in [1.54, 1.807) is 12.1 Å². The average molecular weight is 428 g/mol. The Kier molecular flexibility index (Phi) is 5.87. The number of nitrogens with zero attached hydrogens (tertiary/aromatic N) is 3. The minimum Gasteiger partial charge on any atom is -0.363 e. The summed E-state index contributed by atoms with van der Waals surface area (Å²) in [6.07, 6.45) is 0.962. The molecule has 0 spiro atoms. The van der Waals surface area contributed by atoms with Crippen LogP contribution < -0.4 is 4.90 Å². The summed E-state index contributed by atoms with van der Waals surface area (Å²) in [5.41, 5.74) is 0.717. The van der Waals surface area contributed by atoms with E-state index in [4.69, 9.17) is 11.6 Å². The summed E-state index contributed by atoms with van der Waals surface area (Å²) < 4.78 is 37.0. The lowest BCUT2D eigenvalue weighted by atomic mass is 10.1. The number of para-hydroxylation sites is 1. The van der Waals surface area contributed by atoms with E-state index in [-0.39, 0.29) is 10.6 Å². The Morgan fingerprint density at radius 3 is 2.43 bits per heavy atom. The zero-order chi connectivity index (χ0) is 20.5. The maximum Gasteiger partial charge on any atom is 0.311 e. The number of anilines is 1. The fourth-order valence-corrected chi connectivity index (χ4v) is 4.37. The van der Waals surface area contributed by atoms with Gasteiger partial charge < -0.3 is 4.90 Å². The molecule has 2 aromatic carbocycles. The van der Waals surface area contributed by atoms with Crippen molar-refractivity contribution in [3.8, 4) is 0 Å². The summed E-state index contributed by atoms with van der Waals surface area (Å²) in [6, 6.07) is 8.61. The molecule has 2 aromatic rings. The van der Waals surface area contributed by atoms with E-state index in [9.17, 15) is 22.9 Å². The quantitative estimate of drug-likeness (QED) is 0.538. The molecule has 10 heteroatoms. The van der Waals surface area contributed by atoms with E-state index in [2.05, 4.69) is 4.90 Å². The van der Waals surface area contributed by atoms with Gasteiger partial charge in [0.05, 0.1) is 4.92 Å². The SMILES string of the molecule is CS(=O)(=O)c1cccc(N2CCN(Cc3ccc(F)cc3Cl)CC2)c1[N+](=O)[O-]. The smallest absolute Gasteiger partial charge is 0.311 e. The third-order valence-electron chi connectivity index (χ3n) is 4.68. The molecule has 1 aliphatic heterocycles. The van der Waals surface area contributed by atoms with Crippen LogP contribution in [-0.2, 0) is 16.4 Å². The molecule has 0 saturated carbocycles. The number of nitro benzene ring substituents is 1. The maximum atomic E-state index is 13.2. The van der Waals surface area contributed by atoms with Crippen LogP contribution in [0, 0.1) is 15.9 Å². The maximum absolute atomic E-state index is 13.2. The van der Waals surface area contributed by atoms with Gasteiger partial charge in [0.15, 0.2) is 9.84 Å². The van der Waals surface area contributed by atoms with Crippen LogP contribution in [-0.4, -0.2) is 50.7 Å². The van der Waals surface area contributed by atoms with Crippen LogP contribution in [0.15, 0.2) is 41.3 Å². The first-order valence-electron chi connectivity index (χ1n) is 8.55. The molecular weight excluding hydrogens is 409 g/mol. The van der Waals surface area contributed by atoms with Crippen LogP contribution in [0.5, 0.6) is 0 Å². The van der Waals surface area contributed by atoms with Crippen LogP contribution in [0.4, 0.5) is 15.8 Å². The molecule has 0 amide bonds. The molecule has 28 heavy (non-hydrogen) atoms. The minimum atomic E-state index is -3.72. The van der Waals surface area contributed by atoms with Gasteiger partial charge in [-0.1, -0.05) is 23.7 Å². The second kappa shape index (κ2) is 8.02. The minimum absolute atomic E-state index is 0.282. The number of halogens is 2. The number of hydrogen-bond donors (Lipinski definition) is 0. The van der Waals surface area contributed by atoms with Crippen LogP contribution >= 0.6 is 11.6 Å². The summed E-state index contributed by atoms with van der Waals surface area (Å²) in [5, 5.41) is 11.9. The van der Waals surface area contributed by atoms with Gasteiger partial charge in [0.25, 0.3) is 0 Å². The van der Waals surface area contributed by atoms with Crippen molar-refractivity contribution in [2.24, 2.45) is 0 Å². The van der Waals surface area contributed by atoms with Crippen LogP contribution in [0.3, 0.4) is 0 Å². The van der Waals surface area contributed by atoms with Gasteiger partial charge in [-0.25, -0.2) is 12.8 Å². The van der Waals surface area contributed by atoms with Gasteiger partial charge in [0.1, 0.15) is 16.4 Å². The molecular formula is C18H19ClFN3O4S. The fraction of sp³-hybridized carbons (Fsp3) is 0.333. The number of hydrogen-bond acceptors (Lipinski definition) is 6. The number of nitro groups is 1. The van der Waals surface area contributed by atoms with Crippen molar-refractivity contribution >= 4 is 32.8 Å². The molecule has 0 aromatic heterocycles. The topological polar surface area (TPSA) is 83.8 Å². The Morgan fingerprint density at radius 2 is 1.86 bits per heavy atom. The lowest BCUT2D eigenvalue weighted by Gasteiger charge is -2.36. The lowest BCUT2D eigenvalue weighted by molar-refractivity contribution is -0.387. The molecule has 7 nitrogen and oxygen atoms in total. The van der Waals surface area contributed by atoms with Crippen LogP contribution in [0.25, 0.3) is 0 Å². The van der Waals surface area contributed by atoms with Crippen molar-refractivity contribution in [2.75, 3.05) is 37.3 Å². The Bertz CT molecular complexity index is 1010. The molecule has 0 radical (unpaired) electrons. The zero-order valence-electron chi connectivity index (χ0n) is 15.1. The summed E-state index contributed by atoms with van der Waals surface area (Å²) in [4.78, 5) is 14.6. The van der Waals surface area contributed by atoms with Gasteiger partial charge in [-0.05, 0) is 29.8 Å². The standard InChI is InChI=1S/C18H19ClFN3O4S/c1-28(26,27)17-4-2-3-16(18(17)23(24)25)22-9-7-21(8-10-22)12-13-5-6-14(20)11-15(13)19/h2-6,11H,7-10,12H2,1H3. The Morgan fingerprint density at radius 1 is 1.18 bits per heavy atom. The van der Waals surface area contributed by atoms with Gasteiger partial charge in [0.2, 0.25) is 0 Å². The van der Waals surface area contributed by atoms with Crippen molar-refractivity contribution in [1.29, 1.82) is 0 Å². The molecule has 1 aliphatic rings. The largest absolute Gasteiger partial charge is 0.363 e. The lowest BCUT2D eigenvalue weighted by Crippen LogP contribution is -2.46. The Labute approximate surface area is 167 Å². The van der Waals surface area contributed by atoms with Crippen molar-refractivity contribution in [2.45, 2.75) is 11.4 Å². The van der Waals surface area contributed by atoms with Gasteiger partial charge >= 0.3 is 5.69 Å². The summed E-state index contributed by atoms with van der Waals surface area (Å²) in [6.45, 7) is 2.74. The van der Waals surface area contributed by atoms with E-state index in [1.807, 2.05) is 4.90 Å². The highest BCUT2D eigenvalue weighted by Gasteiger charge is 2.30. The van der Waals surface area contributed by atoms with Gasteiger partial charge in [-0.2, -0.15) is 0 Å². The first-order chi connectivity index (χ1) is 13.2. The number of rotatable bonds is 5. The number of benzene rings is 2. The van der Waals surface area contributed by atoms with E-state index >= 15 is 0 Å². The normalized spacial score (nSPS) is 15.6. The predicted octanol–water partition coefficient (Wildman–Crippen LogP) is 3.11. The van der Waals surface area contributed by atoms with Gasteiger partial charge in [-0.15, -0.1) is 0 Å². The monoisotopic (exact) mass is 427 g/mol. The molecule has 1 saturated heterocycles. The molecule has 1 heterocycles. The Balaban J connectivity index is 1.77. The summed E-state index contributed by atoms with van der Waals surface area (Å²) >= 11 is 6.08. The second-order valence-corrected chi connectivity index (χ2v) is 9.04. The molecule has 0 bridgehead atoms. The van der Waals surface area contributed by atoms with E-state index < -0.39 is 20.6 Å². The van der Waals surface area contributed by atoms with Crippen molar-refractivity contribution in [3.05, 3.63) is 62.9 Å². The van der Waals surface area contributed by atoms with Crippen molar-refractivity contribution in [3.63, 3.8) is 0 Å². The Hall–Kier alpha value is -2.23. The molecule has 0 aliphatic carbocycles. The van der Waals surface area contributed by atoms with Gasteiger partial charge in [-0.3, -0.25) is 15.0 Å².